The summed E-state index contributed by atoms with van der Waals surface area (Å²) in [6.45, 7) is -0.125. The lowest BCUT2D eigenvalue weighted by Crippen LogP contribution is -2.36. The summed E-state index contributed by atoms with van der Waals surface area (Å²) in [5.74, 6) is 1.56. The third kappa shape index (κ3) is 7.04. The van der Waals surface area contributed by atoms with E-state index in [2.05, 4.69) is 25.6 Å². The first-order valence-electron chi connectivity index (χ1n) is 9.68. The summed E-state index contributed by atoms with van der Waals surface area (Å²) >= 11 is 0. The van der Waals surface area contributed by atoms with Gasteiger partial charge in [-0.05, 0) is 24.6 Å². The smallest absolute Gasteiger partial charge is 0.387 e. The molecule has 3 aromatic rings. The molecule has 0 aliphatic heterocycles. The lowest BCUT2D eigenvalue weighted by Gasteiger charge is -2.17. The Morgan fingerprint density at radius 3 is 2.62 bits per heavy atom. The van der Waals surface area contributed by atoms with Crippen LogP contribution in [0.3, 0.4) is 0 Å². The van der Waals surface area contributed by atoms with Gasteiger partial charge in [-0.2, -0.15) is 8.78 Å². The van der Waals surface area contributed by atoms with Crippen LogP contribution in [0.1, 0.15) is 18.1 Å². The lowest BCUT2D eigenvalue weighted by molar-refractivity contribution is -0.0520. The number of para-hydroxylation sites is 1. The number of hydrogen-bond acceptors (Lipinski definition) is 5. The Kier molecular flexibility index (Phi) is 10.1. The number of guanidine groups is 1. The number of rotatable bonds is 9. The molecule has 0 spiro atoms. The van der Waals surface area contributed by atoms with E-state index in [1.165, 1.54) is 0 Å². The zero-order chi connectivity index (χ0) is 22.1. The normalized spacial score (nSPS) is 11.1. The van der Waals surface area contributed by atoms with Crippen molar-refractivity contribution in [1.82, 2.24) is 25.2 Å². The fourth-order valence-corrected chi connectivity index (χ4v) is 2.85. The monoisotopic (exact) mass is 558 g/mol. The summed E-state index contributed by atoms with van der Waals surface area (Å²) in [5.41, 5.74) is 1.48. The molecule has 0 fully saturated rings. The molecule has 8 nitrogen and oxygen atoms in total. The van der Waals surface area contributed by atoms with Gasteiger partial charge in [0, 0.05) is 44.3 Å². The van der Waals surface area contributed by atoms with E-state index in [-0.39, 0.29) is 42.0 Å². The first-order chi connectivity index (χ1) is 15.1. The number of aromatic nitrogens is 3. The van der Waals surface area contributed by atoms with E-state index >= 15 is 0 Å². The Morgan fingerprint density at radius 2 is 2.00 bits per heavy atom. The van der Waals surface area contributed by atoms with Crippen molar-refractivity contribution in [3.63, 3.8) is 0 Å². The molecule has 0 saturated heterocycles. The number of hydrogen-bond donors (Lipinski definition) is 2. The van der Waals surface area contributed by atoms with Crippen LogP contribution < -0.4 is 20.1 Å². The lowest BCUT2D eigenvalue weighted by atomic mass is 10.2. The van der Waals surface area contributed by atoms with E-state index in [4.69, 9.17) is 9.47 Å². The van der Waals surface area contributed by atoms with Gasteiger partial charge >= 0.3 is 6.61 Å². The molecule has 0 aliphatic carbocycles. The van der Waals surface area contributed by atoms with E-state index in [9.17, 15) is 8.78 Å². The summed E-state index contributed by atoms with van der Waals surface area (Å²) in [4.78, 5) is 12.6. The van der Waals surface area contributed by atoms with Crippen LogP contribution in [-0.4, -0.2) is 40.8 Å². The maximum Gasteiger partial charge on any atom is 0.387 e. The molecule has 0 atom stereocenters. The molecule has 0 radical (unpaired) electrons. The largest absolute Gasteiger partial charge is 0.490 e. The van der Waals surface area contributed by atoms with Crippen molar-refractivity contribution in [3.8, 4) is 17.3 Å². The van der Waals surface area contributed by atoms with Crippen LogP contribution in [-0.2, 0) is 13.1 Å². The molecule has 0 aliphatic rings. The number of nitrogens with one attached hydrogen (secondary N) is 2. The fourth-order valence-electron chi connectivity index (χ4n) is 2.85. The molecular formula is C21H25F2IN6O2. The summed E-state index contributed by atoms with van der Waals surface area (Å²) in [5, 5.41) is 6.27. The highest BCUT2D eigenvalue weighted by Gasteiger charge is 2.16. The Balaban J connectivity index is 0.00000363. The third-order valence-electron chi connectivity index (χ3n) is 4.28. The molecular weight excluding hydrogens is 533 g/mol. The molecule has 32 heavy (non-hydrogen) atoms. The Morgan fingerprint density at radius 1 is 1.19 bits per heavy atom. The van der Waals surface area contributed by atoms with Crippen LogP contribution in [0, 0.1) is 0 Å². The van der Waals surface area contributed by atoms with Crippen LogP contribution in [0.25, 0.3) is 5.82 Å². The minimum Gasteiger partial charge on any atom is -0.490 e. The van der Waals surface area contributed by atoms with E-state index in [0.717, 1.165) is 11.4 Å². The standard InChI is InChI=1S/C21H24F2N6O2.HI/c1-3-30-17-6-4-5-16(19(17)31-20(22)23)13-28-21(24-2)27-12-15-7-8-18(26-11-15)29-10-9-25-14-29;/h4-11,14,20H,3,12-13H2,1-2H3,(H2,24,27,28);1H. The molecule has 2 aromatic heterocycles. The fraction of sp³-hybridized carbons (Fsp3) is 0.286. The third-order valence-corrected chi connectivity index (χ3v) is 4.28. The number of halogens is 3. The number of benzene rings is 1. The molecule has 1 aromatic carbocycles. The number of nitrogens with zero attached hydrogens (tertiary/aromatic N) is 4. The van der Waals surface area contributed by atoms with Gasteiger partial charge in [0.2, 0.25) is 0 Å². The Hall–Kier alpha value is -2.96. The van der Waals surface area contributed by atoms with Gasteiger partial charge in [-0.25, -0.2) is 9.97 Å². The van der Waals surface area contributed by atoms with Gasteiger partial charge in [-0.15, -0.1) is 24.0 Å². The Bertz CT molecular complexity index is 984. The molecule has 2 N–H and O–H groups in total. The number of imidazole rings is 1. The molecule has 0 amide bonds. The molecule has 172 valence electrons. The maximum atomic E-state index is 12.9. The molecule has 2 heterocycles. The van der Waals surface area contributed by atoms with Gasteiger partial charge in [-0.1, -0.05) is 18.2 Å². The molecule has 0 unspecified atom stereocenters. The SMILES string of the molecule is CCOc1cccc(CNC(=NC)NCc2ccc(-n3ccnc3)nc2)c1OC(F)F.I. The molecule has 3 rings (SSSR count). The summed E-state index contributed by atoms with van der Waals surface area (Å²) < 4.78 is 37.6. The number of ether oxygens (including phenoxy) is 2. The zero-order valence-corrected chi connectivity index (χ0v) is 20.0. The number of aliphatic imine (C=N–C) groups is 1. The molecule has 11 heteroatoms. The van der Waals surface area contributed by atoms with Crippen LogP contribution in [0.4, 0.5) is 8.78 Å². The average Bonchev–Trinajstić information content (AvgIpc) is 3.31. The summed E-state index contributed by atoms with van der Waals surface area (Å²) in [6.07, 6.45) is 6.95. The highest BCUT2D eigenvalue weighted by atomic mass is 127. The van der Waals surface area contributed by atoms with Crippen LogP contribution in [0.2, 0.25) is 0 Å². The molecule has 0 bridgehead atoms. The first-order valence-corrected chi connectivity index (χ1v) is 9.68. The second-order valence-electron chi connectivity index (χ2n) is 6.33. The average molecular weight is 558 g/mol. The number of alkyl halides is 2. The second kappa shape index (κ2) is 12.8. The maximum absolute atomic E-state index is 12.9. The van der Waals surface area contributed by atoms with Crippen molar-refractivity contribution in [2.45, 2.75) is 26.6 Å². The van der Waals surface area contributed by atoms with Crippen LogP contribution >= 0.6 is 24.0 Å². The first kappa shape index (κ1) is 25.3. The minimum absolute atomic E-state index is 0. The zero-order valence-electron chi connectivity index (χ0n) is 17.7. The minimum atomic E-state index is -2.95. The van der Waals surface area contributed by atoms with Crippen molar-refractivity contribution < 1.29 is 18.3 Å². The van der Waals surface area contributed by atoms with E-state index in [1.807, 2.05) is 22.9 Å². The Labute approximate surface area is 202 Å². The quantitative estimate of drug-likeness (QED) is 0.237. The van der Waals surface area contributed by atoms with E-state index in [1.54, 1.807) is 50.9 Å². The van der Waals surface area contributed by atoms with Crippen molar-refractivity contribution in [1.29, 1.82) is 0 Å². The van der Waals surface area contributed by atoms with Gasteiger partial charge in [-0.3, -0.25) is 9.56 Å². The predicted molar refractivity (Wildman–Crippen MR) is 128 cm³/mol. The van der Waals surface area contributed by atoms with Gasteiger partial charge in [0.1, 0.15) is 12.1 Å². The van der Waals surface area contributed by atoms with Crippen molar-refractivity contribution in [2.24, 2.45) is 4.99 Å². The van der Waals surface area contributed by atoms with Crippen molar-refractivity contribution in [3.05, 3.63) is 66.4 Å². The van der Waals surface area contributed by atoms with Gasteiger partial charge in [0.25, 0.3) is 0 Å². The van der Waals surface area contributed by atoms with Gasteiger partial charge < -0.3 is 20.1 Å². The topological polar surface area (TPSA) is 85.6 Å². The number of pyridine rings is 1. The van der Waals surface area contributed by atoms with Gasteiger partial charge in [0.15, 0.2) is 17.5 Å². The molecule has 0 saturated carbocycles. The highest BCUT2D eigenvalue weighted by molar-refractivity contribution is 14.0. The van der Waals surface area contributed by atoms with Gasteiger partial charge in [0.05, 0.1) is 6.61 Å². The van der Waals surface area contributed by atoms with Crippen LogP contribution in [0.5, 0.6) is 11.5 Å². The summed E-state index contributed by atoms with van der Waals surface area (Å²) in [7, 11) is 1.63. The second-order valence-corrected chi connectivity index (χ2v) is 6.33. The van der Waals surface area contributed by atoms with Crippen molar-refractivity contribution in [2.75, 3.05) is 13.7 Å². The summed E-state index contributed by atoms with van der Waals surface area (Å²) in [6, 6.07) is 8.85. The van der Waals surface area contributed by atoms with Crippen molar-refractivity contribution >= 4 is 29.9 Å². The van der Waals surface area contributed by atoms with E-state index < -0.39 is 6.61 Å². The van der Waals surface area contributed by atoms with Crippen LogP contribution in [0.15, 0.2) is 60.2 Å². The van der Waals surface area contributed by atoms with E-state index in [0.29, 0.717) is 24.7 Å². The highest BCUT2D eigenvalue weighted by Crippen LogP contribution is 2.32. The predicted octanol–water partition coefficient (Wildman–Crippen LogP) is 3.75.